The van der Waals surface area contributed by atoms with Crippen LogP contribution in [0.25, 0.3) is 0 Å². The number of para-hydroxylation sites is 1. The van der Waals surface area contributed by atoms with Gasteiger partial charge < -0.3 is 9.64 Å². The van der Waals surface area contributed by atoms with Gasteiger partial charge in [-0.15, -0.1) is 0 Å². The average Bonchev–Trinajstić information content (AvgIpc) is 2.54. The third kappa shape index (κ3) is 4.31. The Labute approximate surface area is 142 Å². The number of methoxy groups -OCH3 is 1. The minimum absolute atomic E-state index is 0.0734. The first-order valence-electron chi connectivity index (χ1n) is 7.39. The lowest BCUT2D eigenvalue weighted by Gasteiger charge is -2.25. The van der Waals surface area contributed by atoms with E-state index in [1.54, 1.807) is 30.3 Å². The smallest absolute Gasteiger partial charge is 0.244 e. The maximum absolute atomic E-state index is 13.5. The normalized spacial score (nSPS) is 13.0. The molecule has 0 saturated heterocycles. The highest BCUT2D eigenvalue weighted by Crippen LogP contribution is 2.24. The summed E-state index contributed by atoms with van der Waals surface area (Å²) in [6.45, 7) is 0.108. The van der Waals surface area contributed by atoms with Gasteiger partial charge in [0.25, 0.3) is 0 Å². The molecule has 1 unspecified atom stereocenters. The van der Waals surface area contributed by atoms with Crippen LogP contribution in [0.2, 0.25) is 0 Å². The molecule has 0 spiro atoms. The molecule has 1 N–H and O–H groups in total. The van der Waals surface area contributed by atoms with Crippen molar-refractivity contribution in [1.82, 2.24) is 9.62 Å². The predicted molar refractivity (Wildman–Crippen MR) is 91.0 cm³/mol. The van der Waals surface area contributed by atoms with E-state index in [0.717, 1.165) is 0 Å². The fourth-order valence-corrected chi connectivity index (χ4v) is 3.63. The number of hydrogen-bond donors (Lipinski definition) is 1. The number of nitrogens with one attached hydrogen (secondary N) is 1. The van der Waals surface area contributed by atoms with Gasteiger partial charge in [-0.05, 0) is 43.9 Å². The van der Waals surface area contributed by atoms with Crippen LogP contribution < -0.4 is 9.46 Å². The largest absolute Gasteiger partial charge is 0.495 e. The Kier molecular flexibility index (Phi) is 5.93. The van der Waals surface area contributed by atoms with Crippen molar-refractivity contribution < 1.29 is 17.5 Å². The molecule has 0 aliphatic heterocycles. The molecular formula is C17H21FN2O3S. The van der Waals surface area contributed by atoms with Crippen LogP contribution in [-0.2, 0) is 10.0 Å². The highest BCUT2D eigenvalue weighted by atomic mass is 32.2. The van der Waals surface area contributed by atoms with Crippen molar-refractivity contribution in [1.29, 1.82) is 0 Å². The van der Waals surface area contributed by atoms with E-state index in [2.05, 4.69) is 4.72 Å². The Morgan fingerprint density at radius 1 is 1.17 bits per heavy atom. The van der Waals surface area contributed by atoms with E-state index < -0.39 is 10.0 Å². The predicted octanol–water partition coefficient (Wildman–Crippen LogP) is 2.42. The van der Waals surface area contributed by atoms with Crippen LogP contribution in [0.4, 0.5) is 4.39 Å². The molecule has 0 radical (unpaired) electrons. The minimum Gasteiger partial charge on any atom is -0.495 e. The number of ether oxygens (including phenoxy) is 1. The first-order valence-corrected chi connectivity index (χ1v) is 8.88. The summed E-state index contributed by atoms with van der Waals surface area (Å²) in [5.41, 5.74) is 0.697. The van der Waals surface area contributed by atoms with Crippen LogP contribution in [0.5, 0.6) is 5.75 Å². The van der Waals surface area contributed by atoms with Gasteiger partial charge in [0.15, 0.2) is 0 Å². The number of likely N-dealkylation sites (N-methyl/N-ethyl adjacent to an activating group) is 1. The zero-order valence-corrected chi connectivity index (χ0v) is 14.7. The third-order valence-electron chi connectivity index (χ3n) is 3.68. The first kappa shape index (κ1) is 18.4. The van der Waals surface area contributed by atoms with Gasteiger partial charge in [-0.3, -0.25) is 0 Å². The van der Waals surface area contributed by atoms with Gasteiger partial charge in [0.1, 0.15) is 16.5 Å². The standard InChI is InChI=1S/C17H21FN2O3S/c1-20(2)15(13-7-6-8-14(18)11-13)12-19-24(21,22)17-10-5-4-9-16(17)23-3/h4-11,15,19H,12H2,1-3H3. The molecule has 7 heteroatoms. The van der Waals surface area contributed by atoms with Crippen molar-refractivity contribution in [3.8, 4) is 5.75 Å². The molecule has 0 aliphatic carbocycles. The topological polar surface area (TPSA) is 58.6 Å². The highest BCUT2D eigenvalue weighted by Gasteiger charge is 2.22. The minimum atomic E-state index is -3.75. The number of nitrogens with zero attached hydrogens (tertiary/aromatic N) is 1. The summed E-state index contributed by atoms with van der Waals surface area (Å²) in [5.74, 6) is -0.0795. The zero-order chi connectivity index (χ0) is 17.7. The second-order valence-electron chi connectivity index (χ2n) is 5.54. The van der Waals surface area contributed by atoms with E-state index in [-0.39, 0.29) is 29.0 Å². The molecule has 130 valence electrons. The molecule has 2 aromatic carbocycles. The Morgan fingerprint density at radius 3 is 2.50 bits per heavy atom. The molecule has 0 bridgehead atoms. The second kappa shape index (κ2) is 7.74. The van der Waals surface area contributed by atoms with Crippen molar-refractivity contribution in [2.75, 3.05) is 27.7 Å². The number of benzene rings is 2. The molecule has 0 aromatic heterocycles. The van der Waals surface area contributed by atoms with Gasteiger partial charge in [-0.1, -0.05) is 24.3 Å². The average molecular weight is 352 g/mol. The van der Waals surface area contributed by atoms with E-state index >= 15 is 0 Å². The van der Waals surface area contributed by atoms with Crippen LogP contribution in [0, 0.1) is 5.82 Å². The zero-order valence-electron chi connectivity index (χ0n) is 13.9. The lowest BCUT2D eigenvalue weighted by Crippen LogP contribution is -2.34. The summed E-state index contributed by atoms with van der Waals surface area (Å²) >= 11 is 0. The number of sulfonamides is 1. The molecular weight excluding hydrogens is 331 g/mol. The van der Waals surface area contributed by atoms with Gasteiger partial charge >= 0.3 is 0 Å². The van der Waals surface area contributed by atoms with E-state index in [4.69, 9.17) is 4.74 Å². The molecule has 2 aromatic rings. The fraction of sp³-hybridized carbons (Fsp3) is 0.294. The highest BCUT2D eigenvalue weighted by molar-refractivity contribution is 7.89. The summed E-state index contributed by atoms with van der Waals surface area (Å²) in [5, 5.41) is 0. The number of rotatable bonds is 7. The Balaban J connectivity index is 2.23. The van der Waals surface area contributed by atoms with E-state index in [1.165, 1.54) is 25.3 Å². The van der Waals surface area contributed by atoms with Crippen molar-refractivity contribution in [3.05, 3.63) is 59.9 Å². The molecule has 0 aliphatic rings. The molecule has 1 atom stereocenters. The van der Waals surface area contributed by atoms with Crippen LogP contribution in [0.15, 0.2) is 53.4 Å². The molecule has 0 amide bonds. The van der Waals surface area contributed by atoms with Crippen LogP contribution in [0.1, 0.15) is 11.6 Å². The van der Waals surface area contributed by atoms with Gasteiger partial charge in [0.2, 0.25) is 10.0 Å². The molecule has 0 fully saturated rings. The Hall–Kier alpha value is -1.96. The fourth-order valence-electron chi connectivity index (χ4n) is 2.42. The maximum atomic E-state index is 13.5. The summed E-state index contributed by atoms with van der Waals surface area (Å²) in [4.78, 5) is 1.91. The van der Waals surface area contributed by atoms with Crippen LogP contribution in [-0.4, -0.2) is 41.1 Å². The van der Waals surface area contributed by atoms with Crippen LogP contribution in [0.3, 0.4) is 0 Å². The van der Waals surface area contributed by atoms with E-state index in [0.29, 0.717) is 5.56 Å². The molecule has 0 saturated carbocycles. The summed E-state index contributed by atoms with van der Waals surface area (Å²) in [7, 11) is 1.30. The van der Waals surface area contributed by atoms with Crippen LogP contribution >= 0.6 is 0 Å². The van der Waals surface area contributed by atoms with Crippen molar-refractivity contribution in [3.63, 3.8) is 0 Å². The molecule has 24 heavy (non-hydrogen) atoms. The monoisotopic (exact) mass is 352 g/mol. The van der Waals surface area contributed by atoms with Gasteiger partial charge in [0.05, 0.1) is 7.11 Å². The number of halogens is 1. The van der Waals surface area contributed by atoms with Crippen molar-refractivity contribution >= 4 is 10.0 Å². The molecule has 2 rings (SSSR count). The number of hydrogen-bond acceptors (Lipinski definition) is 4. The molecule has 0 heterocycles. The van der Waals surface area contributed by atoms with E-state index in [9.17, 15) is 12.8 Å². The summed E-state index contributed by atoms with van der Waals surface area (Å²) in [6.07, 6.45) is 0. The Bertz CT molecular complexity index is 794. The first-order chi connectivity index (χ1) is 11.3. The SMILES string of the molecule is COc1ccccc1S(=O)(=O)NCC(c1cccc(F)c1)N(C)C. The van der Waals surface area contributed by atoms with Crippen molar-refractivity contribution in [2.45, 2.75) is 10.9 Å². The quantitative estimate of drug-likeness (QED) is 0.831. The Morgan fingerprint density at radius 2 is 1.88 bits per heavy atom. The lowest BCUT2D eigenvalue weighted by atomic mass is 10.1. The second-order valence-corrected chi connectivity index (χ2v) is 7.27. The van der Waals surface area contributed by atoms with Crippen molar-refractivity contribution in [2.24, 2.45) is 0 Å². The van der Waals surface area contributed by atoms with Gasteiger partial charge in [-0.2, -0.15) is 0 Å². The molecule has 5 nitrogen and oxygen atoms in total. The van der Waals surface area contributed by atoms with Gasteiger partial charge in [0, 0.05) is 12.6 Å². The van der Waals surface area contributed by atoms with Gasteiger partial charge in [-0.25, -0.2) is 17.5 Å². The lowest BCUT2D eigenvalue weighted by molar-refractivity contribution is 0.298. The third-order valence-corrected chi connectivity index (χ3v) is 5.15. The summed E-state index contributed by atoms with van der Waals surface area (Å²) < 4.78 is 46.2. The maximum Gasteiger partial charge on any atom is 0.244 e. The van der Waals surface area contributed by atoms with E-state index in [1.807, 2.05) is 19.0 Å². The summed E-state index contributed by atoms with van der Waals surface area (Å²) in [6, 6.07) is 12.2.